The Morgan fingerprint density at radius 3 is 2.80 bits per heavy atom. The standard InChI is InChI=1S/C15H12FNO2S/c1-8-12(18)5-9(6-13(8)19-2)15-17-11-7-10(16)3-4-14(11)20-15/h3-7,18H,1-2H3. The zero-order chi connectivity index (χ0) is 14.3. The summed E-state index contributed by atoms with van der Waals surface area (Å²) in [6.45, 7) is 1.78. The summed E-state index contributed by atoms with van der Waals surface area (Å²) in [6.07, 6.45) is 0. The van der Waals surface area contributed by atoms with E-state index in [9.17, 15) is 9.50 Å². The predicted molar refractivity (Wildman–Crippen MR) is 78.0 cm³/mol. The van der Waals surface area contributed by atoms with E-state index in [-0.39, 0.29) is 11.6 Å². The highest BCUT2D eigenvalue weighted by Gasteiger charge is 2.12. The van der Waals surface area contributed by atoms with Crippen molar-refractivity contribution in [2.75, 3.05) is 7.11 Å². The molecule has 1 heterocycles. The van der Waals surface area contributed by atoms with Crippen LogP contribution >= 0.6 is 11.3 Å². The first kappa shape index (κ1) is 12.9. The van der Waals surface area contributed by atoms with Crippen molar-refractivity contribution in [3.05, 3.63) is 41.7 Å². The number of aromatic nitrogens is 1. The van der Waals surface area contributed by atoms with E-state index in [4.69, 9.17) is 4.74 Å². The third kappa shape index (κ3) is 2.10. The number of thiazole rings is 1. The van der Waals surface area contributed by atoms with Crippen LogP contribution in [0.25, 0.3) is 20.8 Å². The van der Waals surface area contributed by atoms with Crippen LogP contribution in [0.5, 0.6) is 11.5 Å². The summed E-state index contributed by atoms with van der Waals surface area (Å²) in [7, 11) is 1.55. The third-order valence-electron chi connectivity index (χ3n) is 3.15. The van der Waals surface area contributed by atoms with Gasteiger partial charge >= 0.3 is 0 Å². The molecule has 0 aliphatic heterocycles. The fourth-order valence-electron chi connectivity index (χ4n) is 2.03. The molecule has 0 aliphatic carbocycles. The fraction of sp³-hybridized carbons (Fsp3) is 0.133. The van der Waals surface area contributed by atoms with Gasteiger partial charge < -0.3 is 9.84 Å². The SMILES string of the molecule is COc1cc(-c2nc3cc(F)ccc3s2)cc(O)c1C. The van der Waals surface area contributed by atoms with Crippen LogP contribution in [0.2, 0.25) is 0 Å². The second kappa shape index (κ2) is 4.76. The van der Waals surface area contributed by atoms with Gasteiger partial charge in [-0.25, -0.2) is 9.37 Å². The number of ether oxygens (including phenoxy) is 1. The van der Waals surface area contributed by atoms with Crippen molar-refractivity contribution in [3.63, 3.8) is 0 Å². The molecule has 0 amide bonds. The van der Waals surface area contributed by atoms with Gasteiger partial charge in [-0.15, -0.1) is 11.3 Å². The van der Waals surface area contributed by atoms with Crippen LogP contribution in [0.4, 0.5) is 4.39 Å². The predicted octanol–water partition coefficient (Wildman–Crippen LogP) is 4.13. The zero-order valence-electron chi connectivity index (χ0n) is 11.0. The van der Waals surface area contributed by atoms with Gasteiger partial charge in [0.2, 0.25) is 0 Å². The molecule has 0 fully saturated rings. The Morgan fingerprint density at radius 1 is 1.25 bits per heavy atom. The van der Waals surface area contributed by atoms with Crippen molar-refractivity contribution >= 4 is 21.6 Å². The number of methoxy groups -OCH3 is 1. The van der Waals surface area contributed by atoms with Gasteiger partial charge in [-0.1, -0.05) is 0 Å². The maximum absolute atomic E-state index is 13.2. The summed E-state index contributed by atoms with van der Waals surface area (Å²) in [6, 6.07) is 7.99. The molecule has 3 nitrogen and oxygen atoms in total. The first-order chi connectivity index (χ1) is 9.58. The van der Waals surface area contributed by atoms with Gasteiger partial charge in [-0.3, -0.25) is 0 Å². The quantitative estimate of drug-likeness (QED) is 0.771. The molecule has 3 aromatic rings. The van der Waals surface area contributed by atoms with E-state index in [1.54, 1.807) is 26.2 Å². The van der Waals surface area contributed by atoms with Crippen molar-refractivity contribution < 1.29 is 14.2 Å². The van der Waals surface area contributed by atoms with Gasteiger partial charge in [0.25, 0.3) is 0 Å². The molecule has 0 bridgehead atoms. The normalized spacial score (nSPS) is 10.9. The summed E-state index contributed by atoms with van der Waals surface area (Å²) in [4.78, 5) is 4.40. The minimum absolute atomic E-state index is 0.157. The van der Waals surface area contributed by atoms with Gasteiger partial charge in [0.15, 0.2) is 0 Å². The Morgan fingerprint density at radius 2 is 2.05 bits per heavy atom. The Balaban J connectivity index is 2.17. The number of rotatable bonds is 2. The molecule has 2 aromatic carbocycles. The van der Waals surface area contributed by atoms with Crippen molar-refractivity contribution in [3.8, 4) is 22.1 Å². The van der Waals surface area contributed by atoms with Crippen LogP contribution in [0, 0.1) is 12.7 Å². The highest BCUT2D eigenvalue weighted by atomic mass is 32.1. The molecule has 0 unspecified atom stereocenters. The molecule has 0 spiro atoms. The van der Waals surface area contributed by atoms with Gasteiger partial charge in [0.1, 0.15) is 22.3 Å². The lowest BCUT2D eigenvalue weighted by molar-refractivity contribution is 0.403. The van der Waals surface area contributed by atoms with E-state index in [1.165, 1.54) is 23.5 Å². The lowest BCUT2D eigenvalue weighted by atomic mass is 10.1. The Bertz CT molecular complexity index is 798. The Kier molecular flexibility index (Phi) is 3.06. The van der Waals surface area contributed by atoms with E-state index in [2.05, 4.69) is 4.98 Å². The molecule has 5 heteroatoms. The van der Waals surface area contributed by atoms with Gasteiger partial charge in [0.05, 0.1) is 17.3 Å². The number of benzene rings is 2. The largest absolute Gasteiger partial charge is 0.508 e. The first-order valence-electron chi connectivity index (χ1n) is 6.02. The molecule has 0 atom stereocenters. The first-order valence-corrected chi connectivity index (χ1v) is 6.84. The van der Waals surface area contributed by atoms with E-state index in [0.29, 0.717) is 16.8 Å². The highest BCUT2D eigenvalue weighted by Crippen LogP contribution is 2.37. The molecule has 0 saturated heterocycles. The molecule has 3 rings (SSSR count). The summed E-state index contributed by atoms with van der Waals surface area (Å²) in [5.41, 5.74) is 2.05. The molecule has 0 aliphatic rings. The van der Waals surface area contributed by atoms with E-state index in [0.717, 1.165) is 15.3 Å². The van der Waals surface area contributed by atoms with Gasteiger partial charge in [0, 0.05) is 17.2 Å². The lowest BCUT2D eigenvalue weighted by Crippen LogP contribution is -1.89. The van der Waals surface area contributed by atoms with E-state index >= 15 is 0 Å². The van der Waals surface area contributed by atoms with Crippen LogP contribution in [0.15, 0.2) is 30.3 Å². The Hall–Kier alpha value is -2.14. The summed E-state index contributed by atoms with van der Waals surface area (Å²) >= 11 is 1.45. The number of phenolic OH excluding ortho intramolecular Hbond substituents is 1. The topological polar surface area (TPSA) is 42.4 Å². The highest BCUT2D eigenvalue weighted by molar-refractivity contribution is 7.21. The number of aromatic hydroxyl groups is 1. The molecule has 102 valence electrons. The minimum Gasteiger partial charge on any atom is -0.508 e. The Labute approximate surface area is 119 Å². The number of hydrogen-bond donors (Lipinski definition) is 1. The molecular formula is C15H12FNO2S. The molecule has 0 radical (unpaired) electrons. The van der Waals surface area contributed by atoms with Gasteiger partial charge in [-0.2, -0.15) is 0 Å². The molecule has 1 aromatic heterocycles. The second-order valence-corrected chi connectivity index (χ2v) is 5.48. The van der Waals surface area contributed by atoms with E-state index < -0.39 is 0 Å². The molecule has 1 N–H and O–H groups in total. The molecular weight excluding hydrogens is 277 g/mol. The van der Waals surface area contributed by atoms with Gasteiger partial charge in [-0.05, 0) is 31.2 Å². The van der Waals surface area contributed by atoms with Crippen molar-refractivity contribution in [2.45, 2.75) is 6.92 Å². The second-order valence-electron chi connectivity index (χ2n) is 4.45. The van der Waals surface area contributed by atoms with Crippen LogP contribution in [0.3, 0.4) is 0 Å². The van der Waals surface area contributed by atoms with Crippen molar-refractivity contribution in [1.82, 2.24) is 4.98 Å². The number of nitrogens with zero attached hydrogens (tertiary/aromatic N) is 1. The lowest BCUT2D eigenvalue weighted by Gasteiger charge is -2.08. The van der Waals surface area contributed by atoms with Crippen LogP contribution in [-0.4, -0.2) is 17.2 Å². The van der Waals surface area contributed by atoms with Crippen LogP contribution in [-0.2, 0) is 0 Å². The maximum atomic E-state index is 13.2. The number of hydrogen-bond acceptors (Lipinski definition) is 4. The third-order valence-corrected chi connectivity index (χ3v) is 4.23. The van der Waals surface area contributed by atoms with Crippen molar-refractivity contribution in [2.24, 2.45) is 0 Å². The monoisotopic (exact) mass is 289 g/mol. The van der Waals surface area contributed by atoms with E-state index in [1.807, 2.05) is 6.07 Å². The minimum atomic E-state index is -0.307. The van der Waals surface area contributed by atoms with Crippen LogP contribution < -0.4 is 4.74 Å². The molecule has 0 saturated carbocycles. The summed E-state index contributed by atoms with van der Waals surface area (Å²) in [5.74, 6) is 0.453. The summed E-state index contributed by atoms with van der Waals surface area (Å²) < 4.78 is 19.3. The van der Waals surface area contributed by atoms with Crippen LogP contribution in [0.1, 0.15) is 5.56 Å². The van der Waals surface area contributed by atoms with Crippen molar-refractivity contribution in [1.29, 1.82) is 0 Å². The summed E-state index contributed by atoms with van der Waals surface area (Å²) in [5, 5.41) is 10.7. The average molecular weight is 289 g/mol. The number of phenols is 1. The average Bonchev–Trinajstić information content (AvgIpc) is 2.84. The fourth-order valence-corrected chi connectivity index (χ4v) is 2.97. The maximum Gasteiger partial charge on any atom is 0.126 e. The number of fused-ring (bicyclic) bond motifs is 1. The zero-order valence-corrected chi connectivity index (χ0v) is 11.8. The number of halogens is 1. The smallest absolute Gasteiger partial charge is 0.126 e. The molecule has 20 heavy (non-hydrogen) atoms.